The Labute approximate surface area is 333 Å². The molecule has 1 fully saturated rings. The van der Waals surface area contributed by atoms with Crippen molar-refractivity contribution in [2.75, 3.05) is 0 Å². The summed E-state index contributed by atoms with van der Waals surface area (Å²) in [6.07, 6.45) is 10.5. The van der Waals surface area contributed by atoms with E-state index in [0.29, 0.717) is 11.6 Å². The van der Waals surface area contributed by atoms with Crippen molar-refractivity contribution < 1.29 is 24.5 Å². The minimum atomic E-state index is -1.38. The van der Waals surface area contributed by atoms with Crippen LogP contribution in [0.4, 0.5) is 0 Å². The molecule has 0 aliphatic heterocycles. The summed E-state index contributed by atoms with van der Waals surface area (Å²) >= 11 is 0. The van der Waals surface area contributed by atoms with Crippen LogP contribution in [0.25, 0.3) is 44.6 Å². The summed E-state index contributed by atoms with van der Waals surface area (Å²) in [5.74, 6) is 1.39. The second-order valence-corrected chi connectivity index (χ2v) is 23.0. The van der Waals surface area contributed by atoms with E-state index in [4.69, 9.17) is 9.40 Å². The van der Waals surface area contributed by atoms with Crippen LogP contribution >= 0.6 is 0 Å². The van der Waals surface area contributed by atoms with Crippen LogP contribution in [-0.2, 0) is 37.4 Å². The van der Waals surface area contributed by atoms with Gasteiger partial charge in [-0.1, -0.05) is 110 Å². The normalized spacial score (nSPS) is 14.0. The van der Waals surface area contributed by atoms with Crippen molar-refractivity contribution in [1.82, 2.24) is 15.0 Å². The summed E-state index contributed by atoms with van der Waals surface area (Å²) in [6, 6.07) is 28.0. The molecule has 1 aliphatic rings. The van der Waals surface area contributed by atoms with Crippen LogP contribution in [0, 0.1) is 30.9 Å². The van der Waals surface area contributed by atoms with Crippen molar-refractivity contribution in [2.45, 2.75) is 118 Å². The van der Waals surface area contributed by atoms with Gasteiger partial charge in [-0.25, -0.2) is 4.98 Å². The number of fused-ring (bicyclic) bond motifs is 3. The molecule has 1 aliphatic carbocycles. The van der Waals surface area contributed by atoms with E-state index in [2.05, 4.69) is 133 Å². The third-order valence-corrected chi connectivity index (χ3v) is 13.0. The van der Waals surface area contributed by atoms with Crippen LogP contribution < -0.4 is 5.19 Å². The van der Waals surface area contributed by atoms with Gasteiger partial charge in [-0.05, 0) is 89.2 Å². The number of nitrogens with zero attached hydrogens (tertiary/aromatic N) is 3. The molecular formula is C47H57IrN3OSi-2. The van der Waals surface area contributed by atoms with E-state index >= 15 is 0 Å². The summed E-state index contributed by atoms with van der Waals surface area (Å²) in [6.45, 7) is 25.3. The first kappa shape index (κ1) is 40.7. The number of benzene rings is 2. The first-order chi connectivity index (χ1) is 24.5. The number of pyridine rings is 3. The maximum Gasteiger partial charge on any atom is 0.216 e. The fourth-order valence-electron chi connectivity index (χ4n) is 7.77. The Kier molecular flexibility index (Phi) is 12.4. The molecule has 0 bridgehead atoms. The van der Waals surface area contributed by atoms with Gasteiger partial charge in [-0.15, -0.1) is 53.6 Å². The van der Waals surface area contributed by atoms with Gasteiger partial charge in [0.25, 0.3) is 0 Å². The molecule has 0 unspecified atom stereocenters. The zero-order valence-corrected chi connectivity index (χ0v) is 37.1. The molecule has 0 saturated heterocycles. The van der Waals surface area contributed by atoms with E-state index < -0.39 is 8.07 Å². The first-order valence-corrected chi connectivity index (χ1v) is 22.7. The quantitative estimate of drug-likeness (QED) is 0.118. The molecule has 7 rings (SSSR count). The monoisotopic (exact) mass is 900 g/mol. The van der Waals surface area contributed by atoms with Crippen molar-refractivity contribution in [3.63, 3.8) is 0 Å². The molecule has 1 saturated carbocycles. The van der Waals surface area contributed by atoms with E-state index in [-0.39, 0.29) is 30.9 Å². The summed E-state index contributed by atoms with van der Waals surface area (Å²) < 4.78 is 6.16. The fourth-order valence-corrected chi connectivity index (χ4v) is 9.35. The zero-order chi connectivity index (χ0) is 37.4. The molecule has 6 aromatic rings. The molecule has 4 aromatic heterocycles. The van der Waals surface area contributed by atoms with E-state index in [1.165, 1.54) is 47.6 Å². The number of aromatic nitrogens is 3. The van der Waals surface area contributed by atoms with Crippen molar-refractivity contribution in [3.8, 4) is 22.5 Å². The molecular weight excluding hydrogens is 843 g/mol. The molecule has 4 heterocycles. The minimum absolute atomic E-state index is 0. The Morgan fingerprint density at radius 1 is 0.830 bits per heavy atom. The molecule has 53 heavy (non-hydrogen) atoms. The largest absolute Gasteiger partial charge is 0.486 e. The fraction of sp³-hybridized carbons (Fsp3) is 0.426. The first-order valence-electron chi connectivity index (χ1n) is 19.2. The maximum atomic E-state index is 6.16. The van der Waals surface area contributed by atoms with Crippen molar-refractivity contribution in [2.24, 2.45) is 11.8 Å². The van der Waals surface area contributed by atoms with Gasteiger partial charge in [0.2, 0.25) is 5.71 Å². The number of hydrogen-bond acceptors (Lipinski definition) is 4. The van der Waals surface area contributed by atoms with Crippen LogP contribution in [0.5, 0.6) is 0 Å². The van der Waals surface area contributed by atoms with Gasteiger partial charge in [0, 0.05) is 43.6 Å². The van der Waals surface area contributed by atoms with Crippen LogP contribution in [0.2, 0.25) is 19.6 Å². The molecule has 6 heteroatoms. The topological polar surface area (TPSA) is 51.8 Å². The van der Waals surface area contributed by atoms with Gasteiger partial charge in [0.1, 0.15) is 0 Å². The number of hydrogen-bond donors (Lipinski definition) is 0. The van der Waals surface area contributed by atoms with Crippen molar-refractivity contribution in [1.29, 1.82) is 0 Å². The van der Waals surface area contributed by atoms with Crippen molar-refractivity contribution >= 4 is 35.3 Å². The average Bonchev–Trinajstić information content (AvgIpc) is 3.77. The molecule has 281 valence electrons. The van der Waals surface area contributed by atoms with E-state index in [0.717, 1.165) is 56.9 Å². The number of furan rings is 1. The average molecular weight is 900 g/mol. The maximum absolute atomic E-state index is 6.16. The van der Waals surface area contributed by atoms with E-state index in [1.54, 1.807) is 0 Å². The zero-order valence-electron chi connectivity index (χ0n) is 33.7. The van der Waals surface area contributed by atoms with Crippen LogP contribution in [0.1, 0.15) is 96.5 Å². The summed E-state index contributed by atoms with van der Waals surface area (Å²) in [4.78, 5) is 14.0. The Morgan fingerprint density at radius 2 is 1.55 bits per heavy atom. The van der Waals surface area contributed by atoms with Crippen LogP contribution in [0.3, 0.4) is 0 Å². The third-order valence-electron chi connectivity index (χ3n) is 10.9. The summed E-state index contributed by atoms with van der Waals surface area (Å²) in [5.41, 5.74) is 10.9. The molecule has 0 atom stereocenters. The molecule has 0 amide bonds. The Bertz CT molecular complexity index is 2180. The number of aryl methyl sites for hydroxylation is 1. The second kappa shape index (κ2) is 16.1. The predicted molar refractivity (Wildman–Crippen MR) is 222 cm³/mol. The number of rotatable bonds is 7. The van der Waals surface area contributed by atoms with E-state index in [9.17, 15) is 0 Å². The van der Waals surface area contributed by atoms with Gasteiger partial charge in [-0.2, -0.15) is 0 Å². The molecule has 0 N–H and O–H groups in total. The van der Waals surface area contributed by atoms with Crippen molar-refractivity contribution in [3.05, 3.63) is 108 Å². The molecule has 0 spiro atoms. The minimum Gasteiger partial charge on any atom is -0.486 e. The Balaban J connectivity index is 0.000000203. The van der Waals surface area contributed by atoms with E-state index in [1.807, 2.05) is 37.4 Å². The van der Waals surface area contributed by atoms with Crippen LogP contribution in [0.15, 0.2) is 77.5 Å². The Hall–Kier alpha value is -3.44. The molecule has 4 nitrogen and oxygen atoms in total. The van der Waals surface area contributed by atoms with Gasteiger partial charge in [0.05, 0.1) is 13.7 Å². The summed E-state index contributed by atoms with van der Waals surface area (Å²) in [5, 5.41) is 3.60. The molecule has 2 aromatic carbocycles. The third kappa shape index (κ3) is 9.10. The molecule has 1 radical (unpaired) electrons. The van der Waals surface area contributed by atoms with Gasteiger partial charge < -0.3 is 14.4 Å². The smallest absolute Gasteiger partial charge is 0.216 e. The standard InChI is InChI=1S/C25H25N2O.C22H32NSi.Ir/c1-16-11-12-20-19-9-6-10-21(23(19)28-24(20)27-16)22-15-18(13-14-26-22)25(2,3)17-7-4-5-8-17;1-16(2)12-18-14-20(23-15-21(18)24(6,7)8)17-10-9-11-19(13-17)22(3,4)5;/h6,9,11-15,17H,4-5,7-8H2,1-3H3;9,11,13-16H,12H2,1-8H3;/q2*-1;. The Morgan fingerprint density at radius 3 is 2.23 bits per heavy atom. The SMILES string of the molecule is CC(C)Cc1cc(-c2[c-]ccc(C(C)(C)C)c2)ncc1[Si](C)(C)C.Cc1ccc2c(n1)oc1c(-c3cc(C(C)(C)C4CCCC4)ccn3)[c-]ccc12.[Ir]. The predicted octanol–water partition coefficient (Wildman–Crippen LogP) is 12.2. The second-order valence-electron chi connectivity index (χ2n) is 18.0. The van der Waals surface area contributed by atoms with Crippen LogP contribution in [-0.4, -0.2) is 23.0 Å². The van der Waals surface area contributed by atoms with Gasteiger partial charge in [0.15, 0.2) is 0 Å². The summed E-state index contributed by atoms with van der Waals surface area (Å²) in [7, 11) is -1.38. The van der Waals surface area contributed by atoms with Gasteiger partial charge in [-0.3, -0.25) is 0 Å². The van der Waals surface area contributed by atoms with Gasteiger partial charge >= 0.3 is 0 Å².